The Balaban J connectivity index is 2.51. The van der Waals surface area contributed by atoms with Crippen LogP contribution in [-0.4, -0.2) is 4.98 Å². The monoisotopic (exact) mass is 215 g/mol. The fourth-order valence-corrected chi connectivity index (χ4v) is 1.94. The maximum absolute atomic E-state index is 5.63. The van der Waals surface area contributed by atoms with E-state index < -0.39 is 0 Å². The van der Waals surface area contributed by atoms with Crippen molar-refractivity contribution in [3.8, 4) is 0 Å². The number of aryl methyl sites for hydroxylation is 1. The number of fused-ring (bicyclic) bond motifs is 1. The Morgan fingerprint density at radius 2 is 2.19 bits per heavy atom. The lowest BCUT2D eigenvalue weighted by Crippen LogP contribution is -1.96. The van der Waals surface area contributed by atoms with Gasteiger partial charge >= 0.3 is 0 Å². The SMILES string of the molecule is C=Cc1c(C)oc2nc(CC(C)C)ccc12. The Hall–Kier alpha value is -1.57. The lowest BCUT2D eigenvalue weighted by atomic mass is 10.1. The molecule has 0 radical (unpaired) electrons. The first-order chi connectivity index (χ1) is 7.61. The highest BCUT2D eigenvalue weighted by Gasteiger charge is 2.10. The molecule has 0 aliphatic carbocycles. The van der Waals surface area contributed by atoms with Gasteiger partial charge in [0.25, 0.3) is 0 Å². The molecule has 0 fully saturated rings. The lowest BCUT2D eigenvalue weighted by Gasteiger charge is -2.02. The molecule has 0 saturated heterocycles. The molecule has 84 valence electrons. The molecule has 0 amide bonds. The number of hydrogen-bond acceptors (Lipinski definition) is 2. The summed E-state index contributed by atoms with van der Waals surface area (Å²) in [6.45, 7) is 10.1. The average molecular weight is 215 g/mol. The van der Waals surface area contributed by atoms with Gasteiger partial charge in [0.05, 0.1) is 0 Å². The van der Waals surface area contributed by atoms with Crippen molar-refractivity contribution in [2.45, 2.75) is 27.2 Å². The minimum absolute atomic E-state index is 0.611. The van der Waals surface area contributed by atoms with Crippen molar-refractivity contribution >= 4 is 17.2 Å². The molecule has 2 rings (SSSR count). The number of rotatable bonds is 3. The quantitative estimate of drug-likeness (QED) is 0.774. The van der Waals surface area contributed by atoms with Crippen LogP contribution in [0.4, 0.5) is 0 Å². The van der Waals surface area contributed by atoms with Crippen LogP contribution in [0.5, 0.6) is 0 Å². The van der Waals surface area contributed by atoms with Crippen LogP contribution < -0.4 is 0 Å². The second kappa shape index (κ2) is 4.12. The van der Waals surface area contributed by atoms with Gasteiger partial charge in [0, 0.05) is 16.6 Å². The van der Waals surface area contributed by atoms with Gasteiger partial charge in [-0.25, -0.2) is 4.98 Å². The number of nitrogens with zero attached hydrogens (tertiary/aromatic N) is 1. The van der Waals surface area contributed by atoms with E-state index in [-0.39, 0.29) is 0 Å². The molecule has 0 unspecified atom stereocenters. The smallest absolute Gasteiger partial charge is 0.227 e. The fraction of sp³-hybridized carbons (Fsp3) is 0.357. The van der Waals surface area contributed by atoms with E-state index in [0.29, 0.717) is 5.92 Å². The molecule has 0 saturated carbocycles. The van der Waals surface area contributed by atoms with E-state index in [0.717, 1.165) is 34.5 Å². The molecule has 0 aliphatic rings. The van der Waals surface area contributed by atoms with Gasteiger partial charge in [0.2, 0.25) is 5.71 Å². The summed E-state index contributed by atoms with van der Waals surface area (Å²) in [5, 5.41) is 1.06. The fourth-order valence-electron chi connectivity index (χ4n) is 1.94. The zero-order valence-corrected chi connectivity index (χ0v) is 10.1. The second-order valence-electron chi connectivity index (χ2n) is 4.53. The van der Waals surface area contributed by atoms with Gasteiger partial charge in [-0.3, -0.25) is 0 Å². The van der Waals surface area contributed by atoms with Gasteiger partial charge < -0.3 is 4.42 Å². The van der Waals surface area contributed by atoms with Gasteiger partial charge in [-0.2, -0.15) is 0 Å². The third kappa shape index (κ3) is 1.87. The first-order valence-corrected chi connectivity index (χ1v) is 5.63. The van der Waals surface area contributed by atoms with Gasteiger partial charge in [-0.15, -0.1) is 0 Å². The Kier molecular flexibility index (Phi) is 2.82. The van der Waals surface area contributed by atoms with Crippen LogP contribution in [0.3, 0.4) is 0 Å². The topological polar surface area (TPSA) is 26.0 Å². The molecule has 2 heterocycles. The van der Waals surface area contributed by atoms with E-state index in [9.17, 15) is 0 Å². The van der Waals surface area contributed by atoms with E-state index in [2.05, 4.69) is 37.5 Å². The number of hydrogen-bond donors (Lipinski definition) is 0. The molecular weight excluding hydrogens is 198 g/mol. The highest BCUT2D eigenvalue weighted by Crippen LogP contribution is 2.25. The molecule has 0 aromatic carbocycles. The van der Waals surface area contributed by atoms with E-state index in [4.69, 9.17) is 4.42 Å². The summed E-state index contributed by atoms with van der Waals surface area (Å²) in [5.74, 6) is 1.50. The molecule has 16 heavy (non-hydrogen) atoms. The first kappa shape index (κ1) is 10.9. The largest absolute Gasteiger partial charge is 0.442 e. The Morgan fingerprint density at radius 3 is 2.81 bits per heavy atom. The maximum atomic E-state index is 5.63. The van der Waals surface area contributed by atoms with Gasteiger partial charge in [-0.05, 0) is 31.4 Å². The van der Waals surface area contributed by atoms with Crippen molar-refractivity contribution in [3.05, 3.63) is 35.7 Å². The Bertz CT molecular complexity index is 523. The van der Waals surface area contributed by atoms with E-state index in [1.165, 1.54) is 0 Å². The molecular formula is C14H17NO. The van der Waals surface area contributed by atoms with E-state index in [1.807, 2.05) is 13.0 Å². The summed E-state index contributed by atoms with van der Waals surface area (Å²) < 4.78 is 5.63. The highest BCUT2D eigenvalue weighted by atomic mass is 16.3. The standard InChI is InChI=1S/C14H17NO/c1-5-12-10(4)16-14-13(12)7-6-11(15-14)8-9(2)3/h5-7,9H,1,8H2,2-4H3. The second-order valence-corrected chi connectivity index (χ2v) is 4.53. The van der Waals surface area contributed by atoms with Crippen molar-refractivity contribution < 1.29 is 4.42 Å². The minimum Gasteiger partial charge on any atom is -0.442 e. The van der Waals surface area contributed by atoms with E-state index >= 15 is 0 Å². The summed E-state index contributed by atoms with van der Waals surface area (Å²) in [5.41, 5.74) is 2.87. The van der Waals surface area contributed by atoms with Crippen molar-refractivity contribution in [1.29, 1.82) is 0 Å². The third-order valence-electron chi connectivity index (χ3n) is 2.66. The predicted octanol–water partition coefficient (Wildman–Crippen LogP) is 3.98. The lowest BCUT2D eigenvalue weighted by molar-refractivity contribution is 0.561. The average Bonchev–Trinajstić information content (AvgIpc) is 2.51. The normalized spacial score (nSPS) is 11.2. The first-order valence-electron chi connectivity index (χ1n) is 5.63. The summed E-state index contributed by atoms with van der Waals surface area (Å²) in [4.78, 5) is 4.53. The molecule has 0 aliphatic heterocycles. The molecule has 0 spiro atoms. The minimum atomic E-state index is 0.611. The zero-order valence-electron chi connectivity index (χ0n) is 10.1. The van der Waals surface area contributed by atoms with Crippen LogP contribution >= 0.6 is 0 Å². The molecule has 0 bridgehead atoms. The predicted molar refractivity (Wildman–Crippen MR) is 67.4 cm³/mol. The van der Waals surface area contributed by atoms with Gasteiger partial charge in [0.1, 0.15) is 5.76 Å². The third-order valence-corrected chi connectivity index (χ3v) is 2.66. The molecule has 2 heteroatoms. The van der Waals surface area contributed by atoms with Crippen LogP contribution in [0, 0.1) is 12.8 Å². The molecule has 0 N–H and O–H groups in total. The Labute approximate surface area is 96.0 Å². The van der Waals surface area contributed by atoms with Gasteiger partial charge in [0.15, 0.2) is 0 Å². The molecule has 2 aromatic rings. The van der Waals surface area contributed by atoms with Crippen molar-refractivity contribution in [1.82, 2.24) is 4.98 Å². The van der Waals surface area contributed by atoms with Crippen LogP contribution in [-0.2, 0) is 6.42 Å². The summed E-state index contributed by atoms with van der Waals surface area (Å²) >= 11 is 0. The van der Waals surface area contributed by atoms with Crippen molar-refractivity contribution in [2.24, 2.45) is 5.92 Å². The van der Waals surface area contributed by atoms with Crippen LogP contribution in [0.15, 0.2) is 23.1 Å². The van der Waals surface area contributed by atoms with Crippen LogP contribution in [0.25, 0.3) is 17.2 Å². The molecule has 0 atom stereocenters. The molecule has 2 aromatic heterocycles. The van der Waals surface area contributed by atoms with E-state index in [1.54, 1.807) is 0 Å². The Morgan fingerprint density at radius 1 is 1.44 bits per heavy atom. The summed E-state index contributed by atoms with van der Waals surface area (Å²) in [7, 11) is 0. The highest BCUT2D eigenvalue weighted by molar-refractivity contribution is 5.85. The summed E-state index contributed by atoms with van der Waals surface area (Å²) in [6.07, 6.45) is 2.81. The summed E-state index contributed by atoms with van der Waals surface area (Å²) in [6, 6.07) is 4.15. The van der Waals surface area contributed by atoms with Crippen molar-refractivity contribution in [2.75, 3.05) is 0 Å². The van der Waals surface area contributed by atoms with Crippen molar-refractivity contribution in [3.63, 3.8) is 0 Å². The van der Waals surface area contributed by atoms with Gasteiger partial charge in [-0.1, -0.05) is 26.5 Å². The number of pyridine rings is 1. The van der Waals surface area contributed by atoms with Crippen LogP contribution in [0.2, 0.25) is 0 Å². The maximum Gasteiger partial charge on any atom is 0.227 e. The van der Waals surface area contributed by atoms with Crippen LogP contribution in [0.1, 0.15) is 30.9 Å². The molecule has 2 nitrogen and oxygen atoms in total. The number of aromatic nitrogens is 1. The zero-order chi connectivity index (χ0) is 11.7. The number of furan rings is 1.